The van der Waals surface area contributed by atoms with Crippen LogP contribution in [0.5, 0.6) is 0 Å². The van der Waals surface area contributed by atoms with Gasteiger partial charge in [0.15, 0.2) is 0 Å². The van der Waals surface area contributed by atoms with Crippen LogP contribution in [0.4, 0.5) is 5.95 Å². The maximum absolute atomic E-state index is 5.94. The van der Waals surface area contributed by atoms with Crippen molar-refractivity contribution in [2.45, 2.75) is 33.4 Å². The Labute approximate surface area is 101 Å². The second-order valence-electron chi connectivity index (χ2n) is 4.34. The molecule has 4 nitrogen and oxygen atoms in total. The van der Waals surface area contributed by atoms with Gasteiger partial charge in [-0.3, -0.25) is 0 Å². The van der Waals surface area contributed by atoms with E-state index in [1.807, 2.05) is 24.5 Å². The van der Waals surface area contributed by atoms with Crippen LogP contribution in [0.25, 0.3) is 11.0 Å². The Kier molecular flexibility index (Phi) is 3.33. The number of ether oxygens (including phenoxy) is 1. The first-order chi connectivity index (χ1) is 8.11. The third-order valence-corrected chi connectivity index (χ3v) is 2.82. The van der Waals surface area contributed by atoms with Crippen LogP contribution in [0.3, 0.4) is 0 Å². The minimum Gasteiger partial charge on any atom is -0.377 e. The highest BCUT2D eigenvalue weighted by Gasteiger charge is 2.11. The van der Waals surface area contributed by atoms with Crippen molar-refractivity contribution in [3.05, 3.63) is 23.8 Å². The summed E-state index contributed by atoms with van der Waals surface area (Å²) in [5.41, 5.74) is 9.16. The Morgan fingerprint density at radius 2 is 2.24 bits per heavy atom. The zero-order chi connectivity index (χ0) is 12.4. The summed E-state index contributed by atoms with van der Waals surface area (Å²) in [5, 5.41) is 0. The Morgan fingerprint density at radius 1 is 1.47 bits per heavy atom. The smallest absolute Gasteiger partial charge is 0.201 e. The quantitative estimate of drug-likeness (QED) is 0.882. The van der Waals surface area contributed by atoms with Gasteiger partial charge in [0.25, 0.3) is 0 Å². The van der Waals surface area contributed by atoms with Gasteiger partial charge in [0.2, 0.25) is 5.95 Å². The maximum atomic E-state index is 5.94. The minimum atomic E-state index is 0.140. The Balaban J connectivity index is 2.36. The monoisotopic (exact) mass is 233 g/mol. The fourth-order valence-electron chi connectivity index (χ4n) is 2.04. The van der Waals surface area contributed by atoms with E-state index in [-0.39, 0.29) is 6.10 Å². The summed E-state index contributed by atoms with van der Waals surface area (Å²) in [5.74, 6) is 0.553. The molecule has 1 aromatic carbocycles. The SMILES string of the molecule is CCOC(C)Cn1c(N)nc2cc(C)ccc21. The largest absolute Gasteiger partial charge is 0.377 e. The van der Waals surface area contributed by atoms with Gasteiger partial charge in [-0.1, -0.05) is 6.07 Å². The van der Waals surface area contributed by atoms with Crippen molar-refractivity contribution < 1.29 is 4.74 Å². The van der Waals surface area contributed by atoms with Crippen LogP contribution in [-0.2, 0) is 11.3 Å². The van der Waals surface area contributed by atoms with E-state index in [1.54, 1.807) is 0 Å². The molecule has 0 aliphatic carbocycles. The molecule has 1 heterocycles. The van der Waals surface area contributed by atoms with Gasteiger partial charge in [0.05, 0.1) is 23.7 Å². The highest BCUT2D eigenvalue weighted by molar-refractivity contribution is 5.79. The van der Waals surface area contributed by atoms with Crippen molar-refractivity contribution in [2.24, 2.45) is 0 Å². The van der Waals surface area contributed by atoms with Crippen LogP contribution in [0.2, 0.25) is 0 Å². The van der Waals surface area contributed by atoms with E-state index in [0.717, 1.165) is 17.6 Å². The molecule has 4 heteroatoms. The molecule has 0 amide bonds. The standard InChI is InChI=1S/C13H19N3O/c1-4-17-10(3)8-16-12-6-5-9(2)7-11(12)15-13(16)14/h5-7,10H,4,8H2,1-3H3,(H2,14,15). The molecule has 1 atom stereocenters. The lowest BCUT2D eigenvalue weighted by Gasteiger charge is -2.13. The number of nitrogens with zero attached hydrogens (tertiary/aromatic N) is 2. The molecule has 0 saturated heterocycles. The number of nitrogen functional groups attached to an aromatic ring is 1. The second-order valence-corrected chi connectivity index (χ2v) is 4.34. The van der Waals surface area contributed by atoms with E-state index in [0.29, 0.717) is 12.6 Å². The zero-order valence-corrected chi connectivity index (χ0v) is 10.6. The lowest BCUT2D eigenvalue weighted by molar-refractivity contribution is 0.0652. The number of aromatic nitrogens is 2. The lowest BCUT2D eigenvalue weighted by atomic mass is 10.2. The molecule has 92 valence electrons. The van der Waals surface area contributed by atoms with Gasteiger partial charge in [0, 0.05) is 6.61 Å². The van der Waals surface area contributed by atoms with E-state index in [1.165, 1.54) is 5.56 Å². The minimum absolute atomic E-state index is 0.140. The Bertz CT molecular complexity index is 519. The van der Waals surface area contributed by atoms with Crippen LogP contribution < -0.4 is 5.73 Å². The van der Waals surface area contributed by atoms with Gasteiger partial charge in [0.1, 0.15) is 0 Å². The van der Waals surface area contributed by atoms with E-state index < -0.39 is 0 Å². The van der Waals surface area contributed by atoms with Gasteiger partial charge in [-0.25, -0.2) is 4.98 Å². The van der Waals surface area contributed by atoms with Crippen molar-refractivity contribution in [3.8, 4) is 0 Å². The Hall–Kier alpha value is -1.55. The predicted molar refractivity (Wildman–Crippen MR) is 70.0 cm³/mol. The molecule has 1 aromatic heterocycles. The molecule has 0 aliphatic heterocycles. The first-order valence-electron chi connectivity index (χ1n) is 5.95. The van der Waals surface area contributed by atoms with Crippen LogP contribution in [-0.4, -0.2) is 22.3 Å². The molecule has 0 bridgehead atoms. The number of anilines is 1. The lowest BCUT2D eigenvalue weighted by Crippen LogP contribution is -2.17. The summed E-state index contributed by atoms with van der Waals surface area (Å²) >= 11 is 0. The van der Waals surface area contributed by atoms with Crippen molar-refractivity contribution >= 4 is 17.0 Å². The number of nitrogens with two attached hydrogens (primary N) is 1. The van der Waals surface area contributed by atoms with Crippen LogP contribution >= 0.6 is 0 Å². The molecular formula is C13H19N3O. The van der Waals surface area contributed by atoms with Gasteiger partial charge >= 0.3 is 0 Å². The summed E-state index contributed by atoms with van der Waals surface area (Å²) in [6.45, 7) is 7.54. The normalized spacial score (nSPS) is 13.1. The van der Waals surface area contributed by atoms with E-state index in [4.69, 9.17) is 10.5 Å². The predicted octanol–water partition coefficient (Wildman–Crippen LogP) is 2.35. The van der Waals surface area contributed by atoms with Gasteiger partial charge in [-0.05, 0) is 38.5 Å². The van der Waals surface area contributed by atoms with Gasteiger partial charge in [-0.15, -0.1) is 0 Å². The molecule has 0 spiro atoms. The molecular weight excluding hydrogens is 214 g/mol. The molecule has 2 N–H and O–H groups in total. The third kappa shape index (κ3) is 2.42. The average molecular weight is 233 g/mol. The fraction of sp³-hybridized carbons (Fsp3) is 0.462. The summed E-state index contributed by atoms with van der Waals surface area (Å²) in [7, 11) is 0. The highest BCUT2D eigenvalue weighted by atomic mass is 16.5. The molecule has 0 radical (unpaired) electrons. The first kappa shape index (κ1) is 11.9. The molecule has 17 heavy (non-hydrogen) atoms. The zero-order valence-electron chi connectivity index (χ0n) is 10.6. The maximum Gasteiger partial charge on any atom is 0.201 e. The van der Waals surface area contributed by atoms with Crippen molar-refractivity contribution in [1.82, 2.24) is 9.55 Å². The molecule has 0 aliphatic rings. The first-order valence-corrected chi connectivity index (χ1v) is 5.95. The van der Waals surface area contributed by atoms with Crippen molar-refractivity contribution in [1.29, 1.82) is 0 Å². The van der Waals surface area contributed by atoms with Crippen LogP contribution in [0.1, 0.15) is 19.4 Å². The number of imidazole rings is 1. The molecule has 1 unspecified atom stereocenters. The van der Waals surface area contributed by atoms with E-state index >= 15 is 0 Å². The van der Waals surface area contributed by atoms with Crippen LogP contribution in [0, 0.1) is 6.92 Å². The number of fused-ring (bicyclic) bond motifs is 1. The summed E-state index contributed by atoms with van der Waals surface area (Å²) in [4.78, 5) is 4.37. The van der Waals surface area contributed by atoms with E-state index in [9.17, 15) is 0 Å². The van der Waals surface area contributed by atoms with Gasteiger partial charge in [-0.2, -0.15) is 0 Å². The molecule has 0 saturated carbocycles. The van der Waals surface area contributed by atoms with Crippen molar-refractivity contribution in [2.75, 3.05) is 12.3 Å². The average Bonchev–Trinajstić information content (AvgIpc) is 2.55. The highest BCUT2D eigenvalue weighted by Crippen LogP contribution is 2.19. The summed E-state index contributed by atoms with van der Waals surface area (Å²) in [6, 6.07) is 6.19. The fourth-order valence-corrected chi connectivity index (χ4v) is 2.04. The number of benzene rings is 1. The van der Waals surface area contributed by atoms with E-state index in [2.05, 4.69) is 24.0 Å². The van der Waals surface area contributed by atoms with Gasteiger partial charge < -0.3 is 15.0 Å². The van der Waals surface area contributed by atoms with Crippen LogP contribution in [0.15, 0.2) is 18.2 Å². The third-order valence-electron chi connectivity index (χ3n) is 2.82. The number of rotatable bonds is 4. The Morgan fingerprint density at radius 3 is 2.94 bits per heavy atom. The number of aryl methyl sites for hydroxylation is 1. The number of hydrogen-bond donors (Lipinski definition) is 1. The second kappa shape index (κ2) is 4.75. The summed E-state index contributed by atoms with van der Waals surface area (Å²) < 4.78 is 7.55. The molecule has 2 rings (SSSR count). The topological polar surface area (TPSA) is 53.1 Å². The number of hydrogen-bond acceptors (Lipinski definition) is 3. The summed E-state index contributed by atoms with van der Waals surface area (Å²) in [6.07, 6.45) is 0.140. The molecule has 0 fully saturated rings. The molecule has 2 aromatic rings. The van der Waals surface area contributed by atoms with Crippen molar-refractivity contribution in [3.63, 3.8) is 0 Å².